The summed E-state index contributed by atoms with van der Waals surface area (Å²) in [4.78, 5) is 23.8. The van der Waals surface area contributed by atoms with Crippen LogP contribution < -0.4 is 10.6 Å². The fourth-order valence-electron chi connectivity index (χ4n) is 2.89. The predicted molar refractivity (Wildman–Crippen MR) is 108 cm³/mol. The number of carbonyl (C=O) groups excluding carboxylic acids is 2. The first-order chi connectivity index (χ1) is 13.1. The van der Waals surface area contributed by atoms with Gasteiger partial charge in [0.25, 0.3) is 5.91 Å². The molecule has 0 radical (unpaired) electrons. The van der Waals surface area contributed by atoms with E-state index in [4.69, 9.17) is 0 Å². The van der Waals surface area contributed by atoms with Gasteiger partial charge in [-0.05, 0) is 47.0 Å². The van der Waals surface area contributed by atoms with Gasteiger partial charge in [-0.1, -0.05) is 61.2 Å². The maximum absolute atomic E-state index is 12.4. The molecule has 0 saturated heterocycles. The number of benzene rings is 3. The summed E-state index contributed by atoms with van der Waals surface area (Å²) in [5.74, 6) is -0.300. The Bertz CT molecular complexity index is 977. The molecule has 0 bridgehead atoms. The summed E-state index contributed by atoms with van der Waals surface area (Å²) in [6.45, 7) is 5.81. The van der Waals surface area contributed by atoms with Crippen molar-refractivity contribution >= 4 is 22.6 Å². The maximum Gasteiger partial charge on any atom is 0.251 e. The van der Waals surface area contributed by atoms with Crippen LogP contribution in [-0.4, -0.2) is 11.8 Å². The van der Waals surface area contributed by atoms with Crippen molar-refractivity contribution in [2.24, 2.45) is 0 Å². The summed E-state index contributed by atoms with van der Waals surface area (Å²) >= 11 is 0. The van der Waals surface area contributed by atoms with Gasteiger partial charge in [-0.2, -0.15) is 0 Å². The molecule has 1 atom stereocenters. The monoisotopic (exact) mass is 358 g/mol. The lowest BCUT2D eigenvalue weighted by Crippen LogP contribution is -2.24. The van der Waals surface area contributed by atoms with E-state index >= 15 is 0 Å². The Morgan fingerprint density at radius 1 is 1.00 bits per heavy atom. The number of hydrogen-bond donors (Lipinski definition) is 2. The third-order valence-electron chi connectivity index (χ3n) is 4.49. The Kier molecular flexibility index (Phi) is 5.67. The molecular weight excluding hydrogens is 336 g/mol. The average Bonchev–Trinajstić information content (AvgIpc) is 2.71. The lowest BCUT2D eigenvalue weighted by Gasteiger charge is -2.13. The molecule has 2 amide bonds. The van der Waals surface area contributed by atoms with E-state index in [0.29, 0.717) is 12.1 Å². The molecule has 4 nitrogen and oxygen atoms in total. The highest BCUT2D eigenvalue weighted by Crippen LogP contribution is 2.16. The molecule has 0 saturated carbocycles. The van der Waals surface area contributed by atoms with Crippen LogP contribution in [0.15, 0.2) is 79.4 Å². The van der Waals surface area contributed by atoms with E-state index in [1.54, 1.807) is 0 Å². The minimum Gasteiger partial charge on any atom is -0.348 e. The maximum atomic E-state index is 12.4. The highest BCUT2D eigenvalue weighted by molar-refractivity contribution is 5.98. The molecule has 0 heterocycles. The normalized spacial score (nSPS) is 11.6. The fraction of sp³-hybridized carbons (Fsp3) is 0.130. The van der Waals surface area contributed by atoms with Crippen molar-refractivity contribution in [2.45, 2.75) is 19.5 Å². The molecule has 27 heavy (non-hydrogen) atoms. The second-order valence-electron chi connectivity index (χ2n) is 6.42. The van der Waals surface area contributed by atoms with E-state index in [1.807, 2.05) is 73.7 Å². The molecule has 0 aliphatic rings. The van der Waals surface area contributed by atoms with Gasteiger partial charge in [0.1, 0.15) is 0 Å². The minimum atomic E-state index is -0.200. The quantitative estimate of drug-likeness (QED) is 0.651. The molecule has 136 valence electrons. The van der Waals surface area contributed by atoms with E-state index < -0.39 is 0 Å². The first-order valence-electron chi connectivity index (χ1n) is 8.85. The lowest BCUT2D eigenvalue weighted by molar-refractivity contribution is -0.117. The highest BCUT2D eigenvalue weighted by Gasteiger charge is 2.09. The van der Waals surface area contributed by atoms with Gasteiger partial charge in [0.2, 0.25) is 5.91 Å². The number of hydrogen-bond acceptors (Lipinski definition) is 2. The first kappa shape index (κ1) is 18.4. The van der Waals surface area contributed by atoms with Gasteiger partial charge in [0, 0.05) is 12.1 Å². The van der Waals surface area contributed by atoms with Gasteiger partial charge < -0.3 is 10.6 Å². The summed E-state index contributed by atoms with van der Waals surface area (Å²) in [6, 6.07) is 21.4. The van der Waals surface area contributed by atoms with Crippen LogP contribution >= 0.6 is 0 Å². The topological polar surface area (TPSA) is 58.2 Å². The summed E-state index contributed by atoms with van der Waals surface area (Å²) in [6.07, 6.45) is 1.26. The first-order valence-corrected chi connectivity index (χ1v) is 8.85. The van der Waals surface area contributed by atoms with Crippen LogP contribution in [0.4, 0.5) is 0 Å². The summed E-state index contributed by atoms with van der Waals surface area (Å²) in [5.41, 5.74) is 2.64. The zero-order valence-electron chi connectivity index (χ0n) is 15.2. The van der Waals surface area contributed by atoms with E-state index in [9.17, 15) is 9.59 Å². The van der Waals surface area contributed by atoms with Crippen LogP contribution in [0.2, 0.25) is 0 Å². The second kappa shape index (κ2) is 8.32. The Balaban J connectivity index is 1.61. The minimum absolute atomic E-state index is 0.100. The van der Waals surface area contributed by atoms with Crippen LogP contribution in [0, 0.1) is 0 Å². The number of carbonyl (C=O) groups is 2. The smallest absolute Gasteiger partial charge is 0.251 e. The van der Waals surface area contributed by atoms with Crippen LogP contribution in [0.3, 0.4) is 0 Å². The standard InChI is InChI=1S/C23H22N2O2/c1-3-22(26)25-16(2)18-10-8-17(9-11-18)15-24-23(27)21-13-12-19-6-4-5-7-20(19)14-21/h3-14,16H,1,15H2,2H3,(H,24,27)(H,25,26). The largest absolute Gasteiger partial charge is 0.348 e. The van der Waals surface area contributed by atoms with Crippen LogP contribution in [0.25, 0.3) is 10.8 Å². The summed E-state index contributed by atoms with van der Waals surface area (Å²) in [7, 11) is 0. The van der Waals surface area contributed by atoms with E-state index in [1.165, 1.54) is 6.08 Å². The Morgan fingerprint density at radius 2 is 1.70 bits per heavy atom. The molecule has 0 aromatic heterocycles. The van der Waals surface area contributed by atoms with Crippen molar-refractivity contribution in [1.29, 1.82) is 0 Å². The number of amides is 2. The average molecular weight is 358 g/mol. The van der Waals surface area contributed by atoms with Crippen LogP contribution in [0.5, 0.6) is 0 Å². The zero-order chi connectivity index (χ0) is 19.2. The van der Waals surface area contributed by atoms with Gasteiger partial charge in [-0.25, -0.2) is 0 Å². The molecule has 2 N–H and O–H groups in total. The van der Waals surface area contributed by atoms with Gasteiger partial charge in [0.05, 0.1) is 6.04 Å². The summed E-state index contributed by atoms with van der Waals surface area (Å²) in [5, 5.41) is 7.93. The van der Waals surface area contributed by atoms with Crippen molar-refractivity contribution < 1.29 is 9.59 Å². The van der Waals surface area contributed by atoms with Crippen molar-refractivity contribution in [3.8, 4) is 0 Å². The van der Waals surface area contributed by atoms with Crippen LogP contribution in [-0.2, 0) is 11.3 Å². The SMILES string of the molecule is C=CC(=O)NC(C)c1ccc(CNC(=O)c2ccc3ccccc3c2)cc1. The van der Waals surface area contributed by atoms with Crippen molar-refractivity contribution in [2.75, 3.05) is 0 Å². The van der Waals surface area contributed by atoms with Gasteiger partial charge >= 0.3 is 0 Å². The number of rotatable bonds is 6. The Hall–Kier alpha value is -3.40. The Morgan fingerprint density at radius 3 is 2.41 bits per heavy atom. The number of fused-ring (bicyclic) bond motifs is 1. The predicted octanol–water partition coefficient (Wildman–Crippen LogP) is 4.13. The van der Waals surface area contributed by atoms with Crippen molar-refractivity contribution in [1.82, 2.24) is 10.6 Å². The molecule has 0 spiro atoms. The molecule has 4 heteroatoms. The fourth-order valence-corrected chi connectivity index (χ4v) is 2.89. The molecule has 3 rings (SSSR count). The highest BCUT2D eigenvalue weighted by atomic mass is 16.2. The third-order valence-corrected chi connectivity index (χ3v) is 4.49. The molecular formula is C23H22N2O2. The third kappa shape index (κ3) is 4.61. The lowest BCUT2D eigenvalue weighted by atomic mass is 10.1. The van der Waals surface area contributed by atoms with E-state index in [0.717, 1.165) is 21.9 Å². The molecule has 3 aromatic rings. The van der Waals surface area contributed by atoms with E-state index in [-0.39, 0.29) is 17.9 Å². The molecule has 3 aromatic carbocycles. The molecule has 0 aliphatic heterocycles. The number of nitrogens with one attached hydrogen (secondary N) is 2. The van der Waals surface area contributed by atoms with Gasteiger partial charge in [0.15, 0.2) is 0 Å². The van der Waals surface area contributed by atoms with E-state index in [2.05, 4.69) is 17.2 Å². The molecule has 0 aliphatic carbocycles. The van der Waals surface area contributed by atoms with Gasteiger partial charge in [-0.15, -0.1) is 0 Å². The Labute approximate surface area is 158 Å². The zero-order valence-corrected chi connectivity index (χ0v) is 15.2. The van der Waals surface area contributed by atoms with Gasteiger partial charge in [-0.3, -0.25) is 9.59 Å². The van der Waals surface area contributed by atoms with Crippen molar-refractivity contribution in [3.63, 3.8) is 0 Å². The van der Waals surface area contributed by atoms with Crippen molar-refractivity contribution in [3.05, 3.63) is 96.1 Å². The van der Waals surface area contributed by atoms with Crippen LogP contribution in [0.1, 0.15) is 34.5 Å². The second-order valence-corrected chi connectivity index (χ2v) is 6.42. The molecule has 1 unspecified atom stereocenters. The molecule has 0 fully saturated rings. The summed E-state index contributed by atoms with van der Waals surface area (Å²) < 4.78 is 0.